The maximum atomic E-state index is 11.4. The number of imidazole rings is 1. The Bertz CT molecular complexity index is 1200. The summed E-state index contributed by atoms with van der Waals surface area (Å²) in [4.78, 5) is 34.8. The second-order valence-corrected chi connectivity index (χ2v) is 8.55. The van der Waals surface area contributed by atoms with E-state index in [2.05, 4.69) is 26.9 Å². The number of nitrogens with two attached hydrogens (primary N) is 1. The predicted octanol–water partition coefficient (Wildman–Crippen LogP) is 2.72. The molecular weight excluding hydrogens is 483 g/mol. The molecule has 3 aromatic rings. The molecule has 0 aliphatic carbocycles. The fourth-order valence-corrected chi connectivity index (χ4v) is 2.75. The van der Waals surface area contributed by atoms with E-state index in [0.29, 0.717) is 24.4 Å². The Kier molecular flexibility index (Phi) is 7.37. The molecule has 1 unspecified atom stereocenters. The van der Waals surface area contributed by atoms with Gasteiger partial charge in [0.25, 0.3) is 3.79 Å². The van der Waals surface area contributed by atoms with Crippen molar-refractivity contribution in [3.8, 4) is 11.8 Å². The van der Waals surface area contributed by atoms with Gasteiger partial charge in [-0.1, -0.05) is 34.8 Å². The highest BCUT2D eigenvalue weighted by Crippen LogP contribution is 2.29. The number of amides is 2. The second-order valence-electron chi connectivity index (χ2n) is 6.27. The third kappa shape index (κ3) is 5.77. The van der Waals surface area contributed by atoms with Crippen LogP contribution in [-0.2, 0) is 9.63 Å². The van der Waals surface area contributed by atoms with E-state index < -0.39 is 15.8 Å². The van der Waals surface area contributed by atoms with Gasteiger partial charge in [-0.05, 0) is 41.7 Å². The van der Waals surface area contributed by atoms with Crippen LogP contribution in [0.15, 0.2) is 42.9 Å². The molecule has 3 aromatic heterocycles. The number of aromatic nitrogens is 4. The van der Waals surface area contributed by atoms with E-state index in [9.17, 15) is 9.59 Å². The van der Waals surface area contributed by atoms with Crippen molar-refractivity contribution in [2.75, 3.05) is 6.61 Å². The van der Waals surface area contributed by atoms with Crippen molar-refractivity contribution in [2.24, 2.45) is 5.73 Å². The Morgan fingerprint density at radius 3 is 2.66 bits per heavy atom. The summed E-state index contributed by atoms with van der Waals surface area (Å²) in [6, 6.07) is 6.51. The molecule has 1 atom stereocenters. The molecule has 0 bridgehead atoms. The third-order valence-corrected chi connectivity index (χ3v) is 4.61. The summed E-state index contributed by atoms with van der Waals surface area (Å²) in [6.45, 7) is 0.449. The van der Waals surface area contributed by atoms with Crippen molar-refractivity contribution in [1.82, 2.24) is 24.6 Å². The number of carboxylic acids is 1. The number of carboxylic acid groups (broad SMARTS) is 1. The Morgan fingerprint density at radius 2 is 1.97 bits per heavy atom. The van der Waals surface area contributed by atoms with Crippen LogP contribution in [0.3, 0.4) is 0 Å². The molecule has 4 rings (SSSR count). The van der Waals surface area contributed by atoms with Gasteiger partial charge in [0, 0.05) is 18.8 Å². The first-order chi connectivity index (χ1) is 15.2. The number of hydrogen-bond acceptors (Lipinski definition) is 6. The normalized spacial score (nSPS) is 15.5. The van der Waals surface area contributed by atoms with Crippen molar-refractivity contribution < 1.29 is 19.5 Å². The molecule has 0 radical (unpaired) electrons. The van der Waals surface area contributed by atoms with E-state index >= 15 is 0 Å². The minimum Gasteiger partial charge on any atom is -0.478 e. The van der Waals surface area contributed by atoms with Crippen LogP contribution >= 0.6 is 34.8 Å². The topological polar surface area (TPSA) is 136 Å². The fraction of sp³-hybridized carbons (Fsp3) is 0.211. The fourth-order valence-electron chi connectivity index (χ4n) is 2.75. The number of alkyl halides is 3. The van der Waals surface area contributed by atoms with E-state index in [1.807, 2.05) is 24.3 Å². The second kappa shape index (κ2) is 10.0. The van der Waals surface area contributed by atoms with Crippen molar-refractivity contribution in [1.29, 1.82) is 0 Å². The SMILES string of the molecule is NC(=O)N1OCCC1c1ccnc(C#Cc2cnc3cccnn23)c1.O=C(O)C(Cl)(Cl)Cl. The number of aliphatic carboxylic acids is 1. The number of hydrogen-bond donors (Lipinski definition) is 2. The number of urea groups is 1. The Hall–Kier alpha value is -3.10. The monoisotopic (exact) mass is 496 g/mol. The molecule has 1 aliphatic heterocycles. The highest BCUT2D eigenvalue weighted by molar-refractivity contribution is 6.75. The number of nitrogens with zero attached hydrogens (tertiary/aromatic N) is 5. The number of rotatable bonds is 1. The standard InChI is InChI=1S/C17H14N6O2.C2HCl3O2/c18-17(24)23-15(6-9-25-23)12-5-8-19-13(10-12)3-4-14-11-20-16-2-1-7-21-22(14)16;3-2(4,5)1(6)7/h1-2,5,7-8,10-11,15H,6,9H2,(H2,18,24);(H,6,7). The molecule has 3 N–H and O–H groups in total. The smallest absolute Gasteiger partial charge is 0.356 e. The molecule has 0 aromatic carbocycles. The van der Waals surface area contributed by atoms with Gasteiger partial charge in [0.2, 0.25) is 0 Å². The van der Waals surface area contributed by atoms with Gasteiger partial charge in [-0.15, -0.1) is 0 Å². The number of pyridine rings is 1. The zero-order valence-corrected chi connectivity index (χ0v) is 18.4. The first-order valence-corrected chi connectivity index (χ1v) is 10.1. The van der Waals surface area contributed by atoms with Crippen molar-refractivity contribution in [2.45, 2.75) is 16.3 Å². The lowest BCUT2D eigenvalue weighted by Crippen LogP contribution is -2.34. The van der Waals surface area contributed by atoms with E-state index in [0.717, 1.165) is 11.2 Å². The number of carbonyl (C=O) groups is 2. The van der Waals surface area contributed by atoms with Gasteiger partial charge in [0.1, 0.15) is 11.4 Å². The lowest BCUT2D eigenvalue weighted by molar-refractivity contribution is -0.135. The first-order valence-electron chi connectivity index (χ1n) is 8.95. The van der Waals surface area contributed by atoms with Gasteiger partial charge in [0.05, 0.1) is 18.8 Å². The van der Waals surface area contributed by atoms with Gasteiger partial charge >= 0.3 is 12.0 Å². The van der Waals surface area contributed by atoms with Crippen LogP contribution in [0, 0.1) is 11.8 Å². The Balaban J connectivity index is 0.000000360. The molecule has 1 saturated heterocycles. The summed E-state index contributed by atoms with van der Waals surface area (Å²) in [7, 11) is 0. The van der Waals surface area contributed by atoms with E-state index in [4.69, 9.17) is 50.5 Å². The summed E-state index contributed by atoms with van der Waals surface area (Å²) in [5, 5.41) is 13.3. The molecule has 0 saturated carbocycles. The van der Waals surface area contributed by atoms with Crippen molar-refractivity contribution in [3.63, 3.8) is 0 Å². The molecule has 0 spiro atoms. The Labute approximate surface area is 196 Å². The average Bonchev–Trinajstić information content (AvgIpc) is 3.40. The number of carbonyl (C=O) groups excluding carboxylic acids is 1. The number of fused-ring (bicyclic) bond motifs is 1. The molecular formula is C19H15Cl3N6O4. The van der Waals surface area contributed by atoms with Gasteiger partial charge in [-0.25, -0.2) is 24.1 Å². The molecule has 2 amide bonds. The van der Waals surface area contributed by atoms with Crippen molar-refractivity contribution in [3.05, 3.63) is 59.8 Å². The number of hydroxylamine groups is 2. The van der Waals surface area contributed by atoms with Gasteiger partial charge in [0.15, 0.2) is 5.65 Å². The highest BCUT2D eigenvalue weighted by atomic mass is 35.6. The highest BCUT2D eigenvalue weighted by Gasteiger charge is 2.30. The van der Waals surface area contributed by atoms with E-state index in [1.54, 1.807) is 23.1 Å². The molecule has 1 fully saturated rings. The number of primary amides is 1. The van der Waals surface area contributed by atoms with E-state index in [-0.39, 0.29) is 6.04 Å². The first kappa shape index (κ1) is 23.6. The molecule has 166 valence electrons. The van der Waals surface area contributed by atoms with Crippen LogP contribution in [-0.4, -0.2) is 52.2 Å². The minimum atomic E-state index is -2.17. The zero-order chi connectivity index (χ0) is 23.3. The summed E-state index contributed by atoms with van der Waals surface area (Å²) >= 11 is 14.4. The van der Waals surface area contributed by atoms with Gasteiger partial charge in [-0.2, -0.15) is 10.2 Å². The Morgan fingerprint density at radius 1 is 1.22 bits per heavy atom. The average molecular weight is 498 g/mol. The lowest BCUT2D eigenvalue weighted by atomic mass is 10.1. The summed E-state index contributed by atoms with van der Waals surface area (Å²) in [6.07, 6.45) is 5.68. The van der Waals surface area contributed by atoms with Crippen LogP contribution in [0.4, 0.5) is 4.79 Å². The lowest BCUT2D eigenvalue weighted by Gasteiger charge is -2.20. The van der Waals surface area contributed by atoms with Crippen LogP contribution in [0.5, 0.6) is 0 Å². The quantitative estimate of drug-likeness (QED) is 0.390. The minimum absolute atomic E-state index is 0.224. The predicted molar refractivity (Wildman–Crippen MR) is 116 cm³/mol. The molecule has 1 aliphatic rings. The molecule has 13 heteroatoms. The van der Waals surface area contributed by atoms with Crippen LogP contribution in [0.1, 0.15) is 29.4 Å². The van der Waals surface area contributed by atoms with Gasteiger partial charge in [-0.3, -0.25) is 4.84 Å². The molecule has 4 heterocycles. The van der Waals surface area contributed by atoms with E-state index in [1.165, 1.54) is 5.06 Å². The maximum absolute atomic E-state index is 11.4. The maximum Gasteiger partial charge on any atom is 0.356 e. The molecule has 10 nitrogen and oxygen atoms in total. The summed E-state index contributed by atoms with van der Waals surface area (Å²) in [5.41, 5.74) is 8.21. The van der Waals surface area contributed by atoms with Crippen LogP contribution in [0.25, 0.3) is 5.65 Å². The van der Waals surface area contributed by atoms with Crippen LogP contribution in [0.2, 0.25) is 0 Å². The van der Waals surface area contributed by atoms with Gasteiger partial charge < -0.3 is 10.8 Å². The summed E-state index contributed by atoms with van der Waals surface area (Å²) < 4.78 is -0.503. The van der Waals surface area contributed by atoms with Crippen LogP contribution < -0.4 is 5.73 Å². The number of halogens is 3. The largest absolute Gasteiger partial charge is 0.478 e. The summed E-state index contributed by atoms with van der Waals surface area (Å²) in [5.74, 6) is 4.57. The zero-order valence-electron chi connectivity index (χ0n) is 16.2. The third-order valence-electron chi connectivity index (χ3n) is 4.13. The molecule has 32 heavy (non-hydrogen) atoms. The van der Waals surface area contributed by atoms with Crippen molar-refractivity contribution >= 4 is 52.5 Å².